The Hall–Kier alpha value is -2.04. The lowest BCUT2D eigenvalue weighted by Crippen LogP contribution is -2.34. The fraction of sp³-hybridized carbons (Fsp3) is 0.235. The molecule has 22 heavy (non-hydrogen) atoms. The molecular formula is C17H21ClN2O2. The zero-order valence-corrected chi connectivity index (χ0v) is 13.3. The number of hydrogen-bond acceptors (Lipinski definition) is 4. The lowest BCUT2D eigenvalue weighted by atomic mass is 9.95. The highest BCUT2D eigenvalue weighted by Gasteiger charge is 2.17. The van der Waals surface area contributed by atoms with Crippen LogP contribution in [0.1, 0.15) is 12.5 Å². The van der Waals surface area contributed by atoms with E-state index in [4.69, 9.17) is 16.2 Å². The number of benzene rings is 2. The van der Waals surface area contributed by atoms with Gasteiger partial charge in [0.05, 0.1) is 6.61 Å². The van der Waals surface area contributed by atoms with Gasteiger partial charge < -0.3 is 16.2 Å². The minimum atomic E-state index is -0.686. The summed E-state index contributed by atoms with van der Waals surface area (Å²) in [6, 6.07) is 14.9. The second-order valence-electron chi connectivity index (χ2n) is 4.85. The van der Waals surface area contributed by atoms with Gasteiger partial charge in [0.2, 0.25) is 0 Å². The molecule has 0 aliphatic heterocycles. The van der Waals surface area contributed by atoms with Crippen molar-refractivity contribution in [2.75, 3.05) is 12.3 Å². The molecule has 0 saturated carbocycles. The van der Waals surface area contributed by atoms with Gasteiger partial charge in [0.1, 0.15) is 6.04 Å². The Morgan fingerprint density at radius 1 is 1.18 bits per heavy atom. The van der Waals surface area contributed by atoms with Crippen LogP contribution in [0.5, 0.6) is 0 Å². The second kappa shape index (κ2) is 8.41. The quantitative estimate of drug-likeness (QED) is 0.656. The zero-order chi connectivity index (χ0) is 15.2. The molecule has 118 valence electrons. The second-order valence-corrected chi connectivity index (χ2v) is 4.85. The number of anilines is 1. The van der Waals surface area contributed by atoms with Crippen LogP contribution in [0.2, 0.25) is 0 Å². The minimum absolute atomic E-state index is 0. The molecule has 0 heterocycles. The van der Waals surface area contributed by atoms with Gasteiger partial charge in [-0.1, -0.05) is 36.4 Å². The van der Waals surface area contributed by atoms with Crippen molar-refractivity contribution < 1.29 is 9.53 Å². The number of carbonyl (C=O) groups excluding carboxylic acids is 1. The van der Waals surface area contributed by atoms with E-state index in [1.807, 2.05) is 48.5 Å². The van der Waals surface area contributed by atoms with E-state index in [0.717, 1.165) is 16.7 Å². The molecule has 4 nitrogen and oxygen atoms in total. The van der Waals surface area contributed by atoms with E-state index in [2.05, 4.69) is 0 Å². The van der Waals surface area contributed by atoms with E-state index in [0.29, 0.717) is 18.7 Å². The molecule has 0 aliphatic carbocycles. The average Bonchev–Trinajstić information content (AvgIpc) is 2.48. The number of nitrogens with two attached hydrogens (primary N) is 2. The highest BCUT2D eigenvalue weighted by molar-refractivity contribution is 5.85. The van der Waals surface area contributed by atoms with E-state index in [1.54, 1.807) is 6.92 Å². The van der Waals surface area contributed by atoms with Crippen molar-refractivity contribution in [1.82, 2.24) is 0 Å². The Morgan fingerprint density at radius 3 is 2.50 bits per heavy atom. The van der Waals surface area contributed by atoms with Gasteiger partial charge in [-0.05, 0) is 42.2 Å². The molecule has 1 unspecified atom stereocenters. The van der Waals surface area contributed by atoms with E-state index in [9.17, 15) is 4.79 Å². The number of nitrogen functional groups attached to an aromatic ring is 1. The van der Waals surface area contributed by atoms with E-state index in [1.165, 1.54) is 0 Å². The number of esters is 1. The Kier molecular flexibility index (Phi) is 6.89. The highest BCUT2D eigenvalue weighted by Crippen LogP contribution is 2.26. The monoisotopic (exact) mass is 320 g/mol. The fourth-order valence-electron chi connectivity index (χ4n) is 2.25. The van der Waals surface area contributed by atoms with Crippen molar-refractivity contribution in [3.05, 3.63) is 54.1 Å². The van der Waals surface area contributed by atoms with Gasteiger partial charge in [0.15, 0.2) is 0 Å². The van der Waals surface area contributed by atoms with Crippen LogP contribution in [-0.2, 0) is 16.0 Å². The van der Waals surface area contributed by atoms with Crippen molar-refractivity contribution in [1.29, 1.82) is 0 Å². The number of rotatable bonds is 5. The first-order valence-corrected chi connectivity index (χ1v) is 6.98. The molecule has 2 aromatic rings. The molecule has 0 saturated heterocycles. The molecular weight excluding hydrogens is 300 g/mol. The zero-order valence-electron chi connectivity index (χ0n) is 12.5. The normalized spacial score (nSPS) is 11.4. The average molecular weight is 321 g/mol. The van der Waals surface area contributed by atoms with E-state index < -0.39 is 6.04 Å². The number of ether oxygens (including phenoxy) is 1. The predicted octanol–water partition coefficient (Wildman–Crippen LogP) is 2.79. The minimum Gasteiger partial charge on any atom is -0.465 e. The van der Waals surface area contributed by atoms with Crippen LogP contribution in [0, 0.1) is 0 Å². The summed E-state index contributed by atoms with van der Waals surface area (Å²) < 4.78 is 4.96. The van der Waals surface area contributed by atoms with Crippen molar-refractivity contribution in [3.8, 4) is 11.1 Å². The number of carbonyl (C=O) groups is 1. The SMILES string of the molecule is CCOC(=O)C(N)Cc1cc(N)ccc1-c1ccccc1.Cl. The third kappa shape index (κ3) is 4.48. The number of hydrogen-bond donors (Lipinski definition) is 2. The lowest BCUT2D eigenvalue weighted by Gasteiger charge is -2.15. The maximum atomic E-state index is 11.7. The highest BCUT2D eigenvalue weighted by atomic mass is 35.5. The van der Waals surface area contributed by atoms with Gasteiger partial charge in [-0.15, -0.1) is 12.4 Å². The molecule has 0 radical (unpaired) electrons. The Bertz CT molecular complexity index is 617. The third-order valence-corrected chi connectivity index (χ3v) is 3.24. The Balaban J connectivity index is 0.00000242. The first-order valence-electron chi connectivity index (χ1n) is 6.98. The predicted molar refractivity (Wildman–Crippen MR) is 91.9 cm³/mol. The summed E-state index contributed by atoms with van der Waals surface area (Å²) in [5.41, 5.74) is 15.5. The largest absolute Gasteiger partial charge is 0.465 e. The maximum absolute atomic E-state index is 11.7. The summed E-state index contributed by atoms with van der Waals surface area (Å²) in [6.07, 6.45) is 0.397. The molecule has 0 aromatic heterocycles. The van der Waals surface area contributed by atoms with E-state index >= 15 is 0 Å². The maximum Gasteiger partial charge on any atom is 0.323 e. The van der Waals surface area contributed by atoms with Crippen LogP contribution >= 0.6 is 12.4 Å². The molecule has 5 heteroatoms. The van der Waals surface area contributed by atoms with Crippen molar-refractivity contribution in [2.45, 2.75) is 19.4 Å². The fourth-order valence-corrected chi connectivity index (χ4v) is 2.25. The van der Waals surface area contributed by atoms with Crippen molar-refractivity contribution in [3.63, 3.8) is 0 Å². The molecule has 0 spiro atoms. The molecule has 0 aliphatic rings. The summed E-state index contributed by atoms with van der Waals surface area (Å²) in [5, 5.41) is 0. The van der Waals surface area contributed by atoms with Crippen LogP contribution in [0.4, 0.5) is 5.69 Å². The third-order valence-electron chi connectivity index (χ3n) is 3.24. The van der Waals surface area contributed by atoms with Crippen molar-refractivity contribution in [2.24, 2.45) is 5.73 Å². The van der Waals surface area contributed by atoms with Gasteiger partial charge in [0, 0.05) is 5.69 Å². The van der Waals surface area contributed by atoms with Gasteiger partial charge in [-0.25, -0.2) is 0 Å². The Morgan fingerprint density at radius 2 is 1.86 bits per heavy atom. The van der Waals surface area contributed by atoms with Crippen LogP contribution in [0.15, 0.2) is 48.5 Å². The summed E-state index contributed by atoms with van der Waals surface area (Å²) in [5.74, 6) is -0.390. The van der Waals surface area contributed by atoms with Crippen LogP contribution in [-0.4, -0.2) is 18.6 Å². The first-order chi connectivity index (χ1) is 10.1. The van der Waals surface area contributed by atoms with Gasteiger partial charge in [-0.3, -0.25) is 4.79 Å². The van der Waals surface area contributed by atoms with E-state index in [-0.39, 0.29) is 18.4 Å². The molecule has 0 bridgehead atoms. The first kappa shape index (κ1) is 18.0. The standard InChI is InChI=1S/C17H20N2O2.ClH/c1-2-21-17(20)16(19)11-13-10-14(18)8-9-15(13)12-6-4-3-5-7-12;/h3-10,16H,2,11,18-19H2,1H3;1H. The summed E-state index contributed by atoms with van der Waals surface area (Å²) in [6.45, 7) is 2.09. The lowest BCUT2D eigenvalue weighted by molar-refractivity contribution is -0.144. The summed E-state index contributed by atoms with van der Waals surface area (Å²) >= 11 is 0. The van der Waals surface area contributed by atoms with Crippen LogP contribution in [0.3, 0.4) is 0 Å². The van der Waals surface area contributed by atoms with Crippen LogP contribution < -0.4 is 11.5 Å². The topological polar surface area (TPSA) is 78.3 Å². The smallest absolute Gasteiger partial charge is 0.323 e. The number of halogens is 1. The van der Waals surface area contributed by atoms with Gasteiger partial charge in [-0.2, -0.15) is 0 Å². The summed E-state index contributed by atoms with van der Waals surface area (Å²) in [4.78, 5) is 11.7. The molecule has 1 atom stereocenters. The summed E-state index contributed by atoms with van der Waals surface area (Å²) in [7, 11) is 0. The molecule has 4 N–H and O–H groups in total. The molecule has 2 rings (SSSR count). The van der Waals surface area contributed by atoms with Crippen LogP contribution in [0.25, 0.3) is 11.1 Å². The molecule has 2 aromatic carbocycles. The van der Waals surface area contributed by atoms with Gasteiger partial charge >= 0.3 is 5.97 Å². The molecule has 0 fully saturated rings. The molecule has 0 amide bonds. The van der Waals surface area contributed by atoms with Gasteiger partial charge in [0.25, 0.3) is 0 Å². The Labute approximate surface area is 136 Å². The van der Waals surface area contributed by atoms with Crippen molar-refractivity contribution >= 4 is 24.1 Å².